The Morgan fingerprint density at radius 1 is 1.39 bits per heavy atom. The molecule has 0 unspecified atom stereocenters. The third-order valence-corrected chi connectivity index (χ3v) is 3.22. The minimum atomic E-state index is 0.0137. The Morgan fingerprint density at radius 2 is 2.17 bits per heavy atom. The molecule has 0 atom stereocenters. The van der Waals surface area contributed by atoms with Gasteiger partial charge in [-0.3, -0.25) is 4.68 Å². The van der Waals surface area contributed by atoms with Crippen molar-refractivity contribution in [2.45, 2.75) is 32.6 Å². The number of nitrogens with one attached hydrogen (secondary N) is 1. The van der Waals surface area contributed by atoms with Gasteiger partial charge in [-0.2, -0.15) is 9.47 Å². The Morgan fingerprint density at radius 3 is 2.72 bits per heavy atom. The van der Waals surface area contributed by atoms with Gasteiger partial charge in [0, 0.05) is 36.7 Å². The van der Waals surface area contributed by atoms with E-state index in [0.717, 1.165) is 23.9 Å². The third kappa shape index (κ3) is 3.29. The fourth-order valence-corrected chi connectivity index (χ4v) is 2.30. The monoisotopic (exact) mass is 265 g/mol. The average molecular weight is 265 g/mol. The standard InChI is InChI=1S/C12H19N5S/c1-12(2,3)10-15-11(18-16-10)13-6-5-9-7-14-17(4)8-9/h7-8H,5-6H2,1-4H3,(H,13,15,16). The van der Waals surface area contributed by atoms with Crippen molar-refractivity contribution < 1.29 is 0 Å². The first kappa shape index (κ1) is 13.0. The van der Waals surface area contributed by atoms with Gasteiger partial charge in [0.25, 0.3) is 0 Å². The molecule has 18 heavy (non-hydrogen) atoms. The van der Waals surface area contributed by atoms with Crippen LogP contribution in [0.25, 0.3) is 0 Å². The summed E-state index contributed by atoms with van der Waals surface area (Å²) in [5, 5.41) is 8.34. The number of nitrogens with zero attached hydrogens (tertiary/aromatic N) is 4. The highest BCUT2D eigenvalue weighted by molar-refractivity contribution is 7.09. The Hall–Kier alpha value is -1.43. The van der Waals surface area contributed by atoms with Gasteiger partial charge < -0.3 is 5.32 Å². The highest BCUT2D eigenvalue weighted by Crippen LogP contribution is 2.22. The summed E-state index contributed by atoms with van der Waals surface area (Å²) in [6.07, 6.45) is 4.86. The Balaban J connectivity index is 1.85. The highest BCUT2D eigenvalue weighted by Gasteiger charge is 2.19. The first-order valence-corrected chi connectivity index (χ1v) is 6.78. The lowest BCUT2D eigenvalue weighted by molar-refractivity contribution is 0.555. The number of aryl methyl sites for hydroxylation is 1. The van der Waals surface area contributed by atoms with Crippen LogP contribution in [0.4, 0.5) is 5.13 Å². The second-order valence-corrected chi connectivity index (χ2v) is 6.12. The summed E-state index contributed by atoms with van der Waals surface area (Å²) in [5.74, 6) is 0.899. The molecule has 2 aromatic rings. The van der Waals surface area contributed by atoms with Crippen LogP contribution in [0, 0.1) is 0 Å². The molecule has 0 saturated heterocycles. The molecule has 0 aliphatic carbocycles. The summed E-state index contributed by atoms with van der Waals surface area (Å²) in [7, 11) is 1.93. The first-order valence-electron chi connectivity index (χ1n) is 6.01. The summed E-state index contributed by atoms with van der Waals surface area (Å²) in [6, 6.07) is 0. The van der Waals surface area contributed by atoms with E-state index in [4.69, 9.17) is 0 Å². The van der Waals surface area contributed by atoms with Crippen LogP contribution >= 0.6 is 11.5 Å². The van der Waals surface area contributed by atoms with Gasteiger partial charge >= 0.3 is 0 Å². The fourth-order valence-electron chi connectivity index (χ4n) is 1.51. The topological polar surface area (TPSA) is 55.6 Å². The van der Waals surface area contributed by atoms with Crippen LogP contribution in [-0.2, 0) is 18.9 Å². The maximum absolute atomic E-state index is 4.49. The van der Waals surface area contributed by atoms with Gasteiger partial charge in [-0.05, 0) is 12.0 Å². The zero-order chi connectivity index (χ0) is 13.2. The lowest BCUT2D eigenvalue weighted by atomic mass is 9.96. The van der Waals surface area contributed by atoms with Crippen molar-refractivity contribution in [3.05, 3.63) is 23.8 Å². The second kappa shape index (κ2) is 5.06. The molecule has 98 valence electrons. The predicted octanol–water partition coefficient (Wildman–Crippen LogP) is 2.22. The summed E-state index contributed by atoms with van der Waals surface area (Å²) in [4.78, 5) is 4.49. The summed E-state index contributed by atoms with van der Waals surface area (Å²) in [6.45, 7) is 7.21. The van der Waals surface area contributed by atoms with Crippen LogP contribution in [0.15, 0.2) is 12.4 Å². The van der Waals surface area contributed by atoms with Crippen molar-refractivity contribution in [2.24, 2.45) is 7.05 Å². The Bertz CT molecular complexity index is 509. The zero-order valence-corrected chi connectivity index (χ0v) is 12.1. The van der Waals surface area contributed by atoms with Crippen molar-refractivity contribution in [2.75, 3.05) is 11.9 Å². The van der Waals surface area contributed by atoms with Gasteiger partial charge in [-0.15, -0.1) is 0 Å². The second-order valence-electron chi connectivity index (χ2n) is 5.37. The average Bonchev–Trinajstić information content (AvgIpc) is 2.87. The van der Waals surface area contributed by atoms with Crippen molar-refractivity contribution in [1.29, 1.82) is 0 Å². The molecule has 2 heterocycles. The largest absolute Gasteiger partial charge is 0.360 e. The quantitative estimate of drug-likeness (QED) is 0.921. The van der Waals surface area contributed by atoms with E-state index in [2.05, 4.69) is 40.5 Å². The molecule has 5 nitrogen and oxygen atoms in total. The van der Waals surface area contributed by atoms with Gasteiger partial charge in [0.05, 0.1) is 6.20 Å². The molecule has 1 N–H and O–H groups in total. The van der Waals surface area contributed by atoms with Crippen LogP contribution in [0.2, 0.25) is 0 Å². The number of hydrogen-bond donors (Lipinski definition) is 1. The van der Waals surface area contributed by atoms with Crippen molar-refractivity contribution in [3.63, 3.8) is 0 Å². The van der Waals surface area contributed by atoms with E-state index >= 15 is 0 Å². The molecule has 0 spiro atoms. The van der Waals surface area contributed by atoms with Gasteiger partial charge in [0.15, 0.2) is 0 Å². The van der Waals surface area contributed by atoms with Crippen LogP contribution in [0.1, 0.15) is 32.2 Å². The molecule has 0 aliphatic rings. The van der Waals surface area contributed by atoms with E-state index in [1.165, 1.54) is 17.1 Å². The van der Waals surface area contributed by atoms with E-state index in [9.17, 15) is 0 Å². The summed E-state index contributed by atoms with van der Waals surface area (Å²) >= 11 is 1.42. The SMILES string of the molecule is Cn1cc(CCNc2nc(C(C)(C)C)ns2)cn1. The molecule has 0 saturated carbocycles. The molecule has 0 fully saturated rings. The molecule has 0 radical (unpaired) electrons. The molecule has 6 heteroatoms. The van der Waals surface area contributed by atoms with E-state index in [1.807, 2.05) is 24.1 Å². The number of aromatic nitrogens is 4. The minimum Gasteiger partial charge on any atom is -0.360 e. The van der Waals surface area contributed by atoms with Crippen LogP contribution in [0.5, 0.6) is 0 Å². The molecular weight excluding hydrogens is 246 g/mol. The van der Waals surface area contributed by atoms with E-state index in [-0.39, 0.29) is 5.41 Å². The highest BCUT2D eigenvalue weighted by atomic mass is 32.1. The van der Waals surface area contributed by atoms with Crippen molar-refractivity contribution >= 4 is 16.7 Å². The van der Waals surface area contributed by atoms with E-state index in [1.54, 1.807) is 0 Å². The van der Waals surface area contributed by atoms with Gasteiger partial charge in [0.1, 0.15) is 5.82 Å². The van der Waals surface area contributed by atoms with E-state index in [0.29, 0.717) is 0 Å². The molecular formula is C12H19N5S. The summed E-state index contributed by atoms with van der Waals surface area (Å²) in [5.41, 5.74) is 1.24. The lowest BCUT2D eigenvalue weighted by Gasteiger charge is -2.12. The maximum atomic E-state index is 4.49. The number of anilines is 1. The normalized spacial score (nSPS) is 11.8. The predicted molar refractivity (Wildman–Crippen MR) is 74.0 cm³/mol. The van der Waals surface area contributed by atoms with Gasteiger partial charge in [-0.25, -0.2) is 4.98 Å². The number of rotatable bonds is 4. The molecule has 2 rings (SSSR count). The Labute approximate surface area is 111 Å². The Kier molecular flexibility index (Phi) is 3.65. The maximum Gasteiger partial charge on any atom is 0.202 e. The smallest absolute Gasteiger partial charge is 0.202 e. The molecule has 2 aromatic heterocycles. The minimum absolute atomic E-state index is 0.0137. The molecule has 0 amide bonds. The summed E-state index contributed by atoms with van der Waals surface area (Å²) < 4.78 is 6.19. The van der Waals surface area contributed by atoms with Crippen LogP contribution in [-0.4, -0.2) is 25.7 Å². The van der Waals surface area contributed by atoms with Crippen molar-refractivity contribution in [3.8, 4) is 0 Å². The van der Waals surface area contributed by atoms with Gasteiger partial charge in [-0.1, -0.05) is 20.8 Å². The van der Waals surface area contributed by atoms with Gasteiger partial charge in [0.2, 0.25) is 5.13 Å². The molecule has 0 bridgehead atoms. The molecule has 0 aromatic carbocycles. The first-order chi connectivity index (χ1) is 8.45. The van der Waals surface area contributed by atoms with Crippen LogP contribution < -0.4 is 5.32 Å². The zero-order valence-electron chi connectivity index (χ0n) is 11.3. The lowest BCUT2D eigenvalue weighted by Crippen LogP contribution is -2.13. The van der Waals surface area contributed by atoms with E-state index < -0.39 is 0 Å². The van der Waals surface area contributed by atoms with Crippen molar-refractivity contribution in [1.82, 2.24) is 19.1 Å². The molecule has 0 aliphatic heterocycles. The van der Waals surface area contributed by atoms with Crippen LogP contribution in [0.3, 0.4) is 0 Å². The third-order valence-electron chi connectivity index (χ3n) is 2.55. The fraction of sp³-hybridized carbons (Fsp3) is 0.583. The number of hydrogen-bond acceptors (Lipinski definition) is 5.